The van der Waals surface area contributed by atoms with Crippen LogP contribution in [0.1, 0.15) is 32.2 Å². The maximum atomic E-state index is 13.4. The lowest BCUT2D eigenvalue weighted by Gasteiger charge is -2.20. The largest absolute Gasteiger partial charge is 0.451 e. The van der Waals surface area contributed by atoms with Gasteiger partial charge in [0.05, 0.1) is 31.8 Å². The van der Waals surface area contributed by atoms with Crippen LogP contribution in [0.15, 0.2) is 17.2 Å². The van der Waals surface area contributed by atoms with Crippen LogP contribution in [0.5, 0.6) is 0 Å². The Bertz CT molecular complexity index is 1360. The predicted molar refractivity (Wildman–Crippen MR) is 119 cm³/mol. The number of amides is 1. The zero-order valence-electron chi connectivity index (χ0n) is 18.6. The Morgan fingerprint density at radius 1 is 1.03 bits per heavy atom. The Balaban J connectivity index is 2.40. The Labute approximate surface area is 211 Å². The van der Waals surface area contributed by atoms with Crippen LogP contribution in [0.4, 0.5) is 37.0 Å². The molecule has 196 valence electrons. The quantitative estimate of drug-likeness (QED) is 0.292. The van der Waals surface area contributed by atoms with Crippen molar-refractivity contribution in [2.45, 2.75) is 43.8 Å². The normalized spacial score (nSPS) is 13.7. The molecule has 3 rings (SSSR count). The number of aromatic nitrogens is 4. The van der Waals surface area contributed by atoms with Crippen molar-refractivity contribution < 1.29 is 40.1 Å². The van der Waals surface area contributed by atoms with E-state index < -0.39 is 83.8 Å². The summed E-state index contributed by atoms with van der Waals surface area (Å²) in [7, 11) is -2.17. The molecule has 1 unspecified atom stereocenters. The molecule has 8 nitrogen and oxygen atoms in total. The molecule has 2 heterocycles. The molecular formula is C19H15Cl2F6N5O3S. The number of nitrogens with one attached hydrogen (secondary N) is 1. The number of fused-ring (bicyclic) bond motifs is 1. The standard InChI is InChI=1S/C19H15Cl2F6N5O3S/c1-17(2,3)35-16(33)29-13-10-12(28-15(19(25,26)27)30-14(10)36(4)34)31-32(13)11-8(20)5-7(6-9(11)21)18(22,23)24/h5-6H,1-4H3,(H,29,33). The van der Waals surface area contributed by atoms with Gasteiger partial charge in [0.2, 0.25) is 5.82 Å². The SMILES string of the molecule is CS(=O)c1nc(C(F)(F)F)nc2nn(-c3c(Cl)cc(C(F)(F)F)cc3Cl)c(NC(=O)OC(C)(C)C)c12. The number of ether oxygens (including phenoxy) is 1. The van der Waals surface area contributed by atoms with Crippen molar-refractivity contribution in [1.29, 1.82) is 0 Å². The van der Waals surface area contributed by atoms with Crippen molar-refractivity contribution in [2.24, 2.45) is 0 Å². The summed E-state index contributed by atoms with van der Waals surface area (Å²) in [6, 6.07) is 1.02. The Kier molecular flexibility index (Phi) is 7.24. The zero-order valence-corrected chi connectivity index (χ0v) is 20.9. The third kappa shape index (κ3) is 5.83. The van der Waals surface area contributed by atoms with Crippen LogP contribution in [0.2, 0.25) is 10.0 Å². The van der Waals surface area contributed by atoms with Gasteiger partial charge in [-0.25, -0.2) is 19.4 Å². The topological polar surface area (TPSA) is 99.0 Å². The molecule has 0 radical (unpaired) electrons. The van der Waals surface area contributed by atoms with Gasteiger partial charge in [-0.1, -0.05) is 23.2 Å². The van der Waals surface area contributed by atoms with E-state index in [1.165, 1.54) is 20.8 Å². The van der Waals surface area contributed by atoms with Crippen LogP contribution >= 0.6 is 23.2 Å². The fourth-order valence-electron chi connectivity index (χ4n) is 2.90. The summed E-state index contributed by atoms with van der Waals surface area (Å²) in [4.78, 5) is 19.2. The van der Waals surface area contributed by atoms with Gasteiger partial charge in [0.1, 0.15) is 16.3 Å². The van der Waals surface area contributed by atoms with Crippen LogP contribution in [0.3, 0.4) is 0 Å². The average Bonchev–Trinajstić information content (AvgIpc) is 3.01. The van der Waals surface area contributed by atoms with Gasteiger partial charge in [0.15, 0.2) is 11.5 Å². The minimum absolute atomic E-state index is 0.401. The van der Waals surface area contributed by atoms with Crippen molar-refractivity contribution in [2.75, 3.05) is 11.6 Å². The molecule has 36 heavy (non-hydrogen) atoms. The summed E-state index contributed by atoms with van der Waals surface area (Å²) in [5, 5.41) is 3.83. The van der Waals surface area contributed by atoms with Crippen molar-refractivity contribution >= 4 is 56.9 Å². The molecular weight excluding hydrogens is 563 g/mol. The molecule has 0 saturated heterocycles. The minimum atomic E-state index is -5.06. The average molecular weight is 578 g/mol. The molecule has 0 bridgehead atoms. The van der Waals surface area contributed by atoms with E-state index >= 15 is 0 Å². The van der Waals surface area contributed by atoms with Crippen LogP contribution < -0.4 is 5.32 Å². The molecule has 2 aromatic heterocycles. The summed E-state index contributed by atoms with van der Waals surface area (Å²) in [6.07, 6.45) is -9.99. The highest BCUT2D eigenvalue weighted by atomic mass is 35.5. The highest BCUT2D eigenvalue weighted by molar-refractivity contribution is 7.84. The van der Waals surface area contributed by atoms with Gasteiger partial charge >= 0.3 is 18.4 Å². The number of carbonyl (C=O) groups excluding carboxylic acids is 1. The van der Waals surface area contributed by atoms with Gasteiger partial charge in [0.25, 0.3) is 0 Å². The van der Waals surface area contributed by atoms with E-state index in [1.807, 2.05) is 0 Å². The second-order valence-electron chi connectivity index (χ2n) is 8.18. The van der Waals surface area contributed by atoms with Crippen molar-refractivity contribution in [3.8, 4) is 5.69 Å². The Hall–Kier alpha value is -2.65. The van der Waals surface area contributed by atoms with Gasteiger partial charge in [0, 0.05) is 6.26 Å². The highest BCUT2D eigenvalue weighted by Gasteiger charge is 2.38. The van der Waals surface area contributed by atoms with E-state index in [9.17, 15) is 35.3 Å². The summed E-state index contributed by atoms with van der Waals surface area (Å²) in [6.45, 7) is 4.57. The third-order valence-electron chi connectivity index (χ3n) is 4.20. The monoisotopic (exact) mass is 577 g/mol. The molecule has 1 N–H and O–H groups in total. The molecule has 0 aliphatic heterocycles. The lowest BCUT2D eigenvalue weighted by molar-refractivity contribution is -0.145. The van der Waals surface area contributed by atoms with Gasteiger partial charge < -0.3 is 4.74 Å². The Morgan fingerprint density at radius 2 is 1.58 bits per heavy atom. The second kappa shape index (κ2) is 9.34. The first kappa shape index (κ1) is 27.9. The molecule has 0 aliphatic carbocycles. The van der Waals surface area contributed by atoms with Gasteiger partial charge in [-0.3, -0.25) is 9.53 Å². The van der Waals surface area contributed by atoms with E-state index in [1.54, 1.807) is 0 Å². The fraction of sp³-hybridized carbons (Fsp3) is 0.368. The van der Waals surface area contributed by atoms with Gasteiger partial charge in [-0.15, -0.1) is 5.10 Å². The predicted octanol–water partition coefficient (Wildman–Crippen LogP) is 6.24. The van der Waals surface area contributed by atoms with Crippen LogP contribution in [0.25, 0.3) is 16.7 Å². The first-order valence-corrected chi connectivity index (χ1v) is 11.9. The van der Waals surface area contributed by atoms with E-state index in [2.05, 4.69) is 20.4 Å². The molecule has 0 aliphatic rings. The zero-order chi connectivity index (χ0) is 27.4. The number of hydrogen-bond acceptors (Lipinski definition) is 6. The summed E-state index contributed by atoms with van der Waals surface area (Å²) < 4.78 is 97.8. The van der Waals surface area contributed by atoms with E-state index in [-0.39, 0.29) is 0 Å². The molecule has 1 amide bonds. The maximum absolute atomic E-state index is 13.4. The van der Waals surface area contributed by atoms with Crippen LogP contribution in [-0.4, -0.2) is 41.9 Å². The lowest BCUT2D eigenvalue weighted by atomic mass is 10.2. The maximum Gasteiger partial charge on any atom is 0.451 e. The molecule has 0 saturated carbocycles. The molecule has 1 atom stereocenters. The van der Waals surface area contributed by atoms with E-state index in [0.29, 0.717) is 16.8 Å². The number of alkyl halides is 6. The van der Waals surface area contributed by atoms with Crippen molar-refractivity contribution in [3.05, 3.63) is 33.6 Å². The molecule has 17 heteroatoms. The van der Waals surface area contributed by atoms with Gasteiger partial charge in [-0.2, -0.15) is 26.3 Å². The fourth-order valence-corrected chi connectivity index (χ4v) is 4.24. The summed E-state index contributed by atoms with van der Waals surface area (Å²) in [5.74, 6) is -2.17. The number of benzene rings is 1. The molecule has 0 spiro atoms. The van der Waals surface area contributed by atoms with Crippen LogP contribution in [0, 0.1) is 0 Å². The third-order valence-corrected chi connectivity index (χ3v) is 5.62. The lowest BCUT2D eigenvalue weighted by Crippen LogP contribution is -2.28. The van der Waals surface area contributed by atoms with Crippen molar-refractivity contribution in [3.63, 3.8) is 0 Å². The number of anilines is 1. The molecule has 0 fully saturated rings. The summed E-state index contributed by atoms with van der Waals surface area (Å²) in [5.41, 5.74) is -3.36. The second-order valence-corrected chi connectivity index (χ2v) is 10.3. The number of rotatable bonds is 3. The smallest absolute Gasteiger partial charge is 0.444 e. The van der Waals surface area contributed by atoms with E-state index in [4.69, 9.17) is 27.9 Å². The highest BCUT2D eigenvalue weighted by Crippen LogP contribution is 2.40. The minimum Gasteiger partial charge on any atom is -0.444 e. The number of carbonyl (C=O) groups is 1. The number of nitrogens with zero attached hydrogens (tertiary/aromatic N) is 4. The van der Waals surface area contributed by atoms with Crippen molar-refractivity contribution in [1.82, 2.24) is 19.7 Å². The molecule has 1 aromatic carbocycles. The van der Waals surface area contributed by atoms with Crippen LogP contribution in [-0.2, 0) is 27.9 Å². The first-order valence-electron chi connectivity index (χ1n) is 9.57. The molecule has 3 aromatic rings. The number of halogens is 8. The Morgan fingerprint density at radius 3 is 2.03 bits per heavy atom. The summed E-state index contributed by atoms with van der Waals surface area (Å²) >= 11 is 12.1. The first-order chi connectivity index (χ1) is 16.3. The van der Waals surface area contributed by atoms with Gasteiger partial charge in [-0.05, 0) is 32.9 Å². The van der Waals surface area contributed by atoms with E-state index in [0.717, 1.165) is 6.26 Å². The number of hydrogen-bond donors (Lipinski definition) is 1.